The van der Waals surface area contributed by atoms with Crippen molar-refractivity contribution in [3.63, 3.8) is 0 Å². The molecule has 2 atom stereocenters. The molecule has 2 bridgehead atoms. The van der Waals surface area contributed by atoms with E-state index in [1.165, 1.54) is 19.3 Å². The number of hydrogen-bond donors (Lipinski definition) is 1. The zero-order chi connectivity index (χ0) is 14.1. The summed E-state index contributed by atoms with van der Waals surface area (Å²) in [7, 11) is 0. The first-order valence-electron chi connectivity index (χ1n) is 7.66. The van der Waals surface area contributed by atoms with Crippen molar-refractivity contribution in [3.8, 4) is 0 Å². The first-order chi connectivity index (χ1) is 9.70. The summed E-state index contributed by atoms with van der Waals surface area (Å²) in [6.07, 6.45) is 5.73. The summed E-state index contributed by atoms with van der Waals surface area (Å²) in [4.78, 5) is 2.28. The predicted octanol–water partition coefficient (Wildman–Crippen LogP) is 3.98. The lowest BCUT2D eigenvalue weighted by Crippen LogP contribution is -2.49. The largest absolute Gasteiger partial charge is 0.363 e. The van der Waals surface area contributed by atoms with Gasteiger partial charge in [-0.05, 0) is 50.8 Å². The molecule has 2 saturated heterocycles. The molecule has 2 fully saturated rings. The minimum atomic E-state index is -0.258. The maximum Gasteiger partial charge on any atom is 0.165 e. The fourth-order valence-electron chi connectivity index (χ4n) is 3.78. The Balaban J connectivity index is 1.78. The quantitative estimate of drug-likeness (QED) is 0.904. The van der Waals surface area contributed by atoms with Gasteiger partial charge >= 0.3 is 0 Å². The third-order valence-corrected chi connectivity index (χ3v) is 4.92. The molecule has 0 aliphatic carbocycles. The Bertz CT molecular complexity index is 466. The van der Waals surface area contributed by atoms with Crippen LogP contribution in [0.1, 0.15) is 39.0 Å². The van der Waals surface area contributed by atoms with Crippen molar-refractivity contribution in [2.75, 3.05) is 11.4 Å². The van der Waals surface area contributed by atoms with E-state index in [2.05, 4.69) is 17.1 Å². The van der Waals surface area contributed by atoms with Crippen LogP contribution >= 0.6 is 11.6 Å². The molecule has 1 aromatic rings. The van der Waals surface area contributed by atoms with Gasteiger partial charge in [-0.15, -0.1) is 0 Å². The second-order valence-electron chi connectivity index (χ2n) is 5.99. The van der Waals surface area contributed by atoms with Crippen LogP contribution in [0.25, 0.3) is 0 Å². The third kappa shape index (κ3) is 2.53. The van der Waals surface area contributed by atoms with Crippen LogP contribution in [0.4, 0.5) is 10.1 Å². The van der Waals surface area contributed by atoms with Gasteiger partial charge in [-0.3, -0.25) is 0 Å². The highest BCUT2D eigenvalue weighted by molar-refractivity contribution is 6.31. The van der Waals surface area contributed by atoms with Crippen molar-refractivity contribution in [3.05, 3.63) is 29.0 Å². The van der Waals surface area contributed by atoms with Gasteiger partial charge in [0.2, 0.25) is 0 Å². The smallest absolute Gasteiger partial charge is 0.165 e. The fraction of sp³-hybridized carbons (Fsp3) is 0.625. The molecule has 0 aromatic heterocycles. The molecule has 2 aliphatic heterocycles. The normalized spacial score (nSPS) is 28.9. The molecule has 1 aromatic carbocycles. The molecule has 20 heavy (non-hydrogen) atoms. The predicted molar refractivity (Wildman–Crippen MR) is 82.0 cm³/mol. The number of halogens is 2. The van der Waals surface area contributed by atoms with E-state index >= 15 is 0 Å². The molecule has 2 unspecified atom stereocenters. The lowest BCUT2D eigenvalue weighted by molar-refractivity contribution is 0.354. The summed E-state index contributed by atoms with van der Waals surface area (Å²) < 4.78 is 14.3. The van der Waals surface area contributed by atoms with Crippen molar-refractivity contribution in [1.29, 1.82) is 0 Å². The van der Waals surface area contributed by atoms with Crippen LogP contribution in [0.15, 0.2) is 18.2 Å². The second-order valence-corrected chi connectivity index (χ2v) is 6.39. The van der Waals surface area contributed by atoms with Crippen molar-refractivity contribution in [2.24, 2.45) is 0 Å². The molecule has 0 radical (unpaired) electrons. The van der Waals surface area contributed by atoms with Crippen molar-refractivity contribution in [2.45, 2.75) is 57.2 Å². The van der Waals surface area contributed by atoms with E-state index in [-0.39, 0.29) is 10.8 Å². The highest BCUT2D eigenvalue weighted by atomic mass is 35.5. The third-order valence-electron chi connectivity index (χ3n) is 4.63. The second kappa shape index (κ2) is 5.90. The van der Waals surface area contributed by atoms with Crippen LogP contribution in [-0.2, 0) is 0 Å². The van der Waals surface area contributed by atoms with Gasteiger partial charge < -0.3 is 10.2 Å². The number of nitrogens with zero attached hydrogens (tertiary/aromatic N) is 1. The van der Waals surface area contributed by atoms with E-state index in [4.69, 9.17) is 11.6 Å². The molecule has 0 spiro atoms. The zero-order valence-electron chi connectivity index (χ0n) is 11.9. The SMILES string of the molecule is CCCNC1CC2CCC(C1)N2c1cccc(Cl)c1F. The number of piperidine rings is 1. The maximum absolute atomic E-state index is 14.3. The molecule has 3 rings (SSSR count). The Hall–Kier alpha value is -0.800. The fourth-order valence-corrected chi connectivity index (χ4v) is 3.95. The molecule has 4 heteroatoms. The highest BCUT2D eigenvalue weighted by Crippen LogP contribution is 2.41. The molecule has 0 amide bonds. The van der Waals surface area contributed by atoms with Crippen LogP contribution in [-0.4, -0.2) is 24.7 Å². The van der Waals surface area contributed by atoms with Crippen LogP contribution in [0.5, 0.6) is 0 Å². The van der Waals surface area contributed by atoms with Gasteiger partial charge in [-0.25, -0.2) is 4.39 Å². The molecule has 1 N–H and O–H groups in total. The molecule has 2 heterocycles. The van der Waals surface area contributed by atoms with E-state index in [1.54, 1.807) is 6.07 Å². The monoisotopic (exact) mass is 296 g/mol. The first kappa shape index (κ1) is 14.2. The number of hydrogen-bond acceptors (Lipinski definition) is 2. The summed E-state index contributed by atoms with van der Waals surface area (Å²) in [5.41, 5.74) is 0.693. The molecule has 0 saturated carbocycles. The number of benzene rings is 1. The van der Waals surface area contributed by atoms with Crippen molar-refractivity contribution in [1.82, 2.24) is 5.32 Å². The number of anilines is 1. The van der Waals surface area contributed by atoms with Crippen molar-refractivity contribution < 1.29 is 4.39 Å². The molecule has 110 valence electrons. The summed E-state index contributed by atoms with van der Waals surface area (Å²) >= 11 is 5.93. The van der Waals surface area contributed by atoms with E-state index in [9.17, 15) is 4.39 Å². The van der Waals surface area contributed by atoms with E-state index in [0.29, 0.717) is 23.8 Å². The lowest BCUT2D eigenvalue weighted by atomic mass is 9.96. The number of rotatable bonds is 4. The van der Waals surface area contributed by atoms with Gasteiger partial charge in [0.1, 0.15) is 0 Å². The Morgan fingerprint density at radius 2 is 2.00 bits per heavy atom. The Kier molecular flexibility index (Phi) is 4.18. The van der Waals surface area contributed by atoms with E-state index in [0.717, 1.165) is 19.4 Å². The summed E-state index contributed by atoms with van der Waals surface area (Å²) in [5, 5.41) is 3.85. The van der Waals surface area contributed by atoms with E-state index < -0.39 is 0 Å². The Morgan fingerprint density at radius 3 is 2.65 bits per heavy atom. The van der Waals surface area contributed by atoms with Gasteiger partial charge in [0.15, 0.2) is 5.82 Å². The van der Waals surface area contributed by atoms with Crippen molar-refractivity contribution >= 4 is 17.3 Å². The summed E-state index contributed by atoms with van der Waals surface area (Å²) in [6, 6.07) is 6.84. The average molecular weight is 297 g/mol. The Labute approximate surface area is 125 Å². The maximum atomic E-state index is 14.3. The van der Waals surface area contributed by atoms with Crippen LogP contribution in [0, 0.1) is 5.82 Å². The summed E-state index contributed by atoms with van der Waals surface area (Å²) in [6.45, 7) is 3.27. The molecular weight excluding hydrogens is 275 g/mol. The average Bonchev–Trinajstić information content (AvgIpc) is 2.70. The zero-order valence-corrected chi connectivity index (χ0v) is 12.7. The molecule has 2 nitrogen and oxygen atoms in total. The standard InChI is InChI=1S/C16H22ClFN2/c1-2-8-19-11-9-12-6-7-13(10-11)20(12)15-5-3-4-14(17)16(15)18/h3-5,11-13,19H,2,6-10H2,1H3. The molecule has 2 aliphatic rings. The van der Waals surface area contributed by atoms with Crippen LogP contribution in [0.2, 0.25) is 5.02 Å². The number of fused-ring (bicyclic) bond motifs is 2. The van der Waals surface area contributed by atoms with Gasteiger partial charge in [-0.1, -0.05) is 24.6 Å². The van der Waals surface area contributed by atoms with E-state index in [1.807, 2.05) is 12.1 Å². The van der Waals surface area contributed by atoms with Crippen LogP contribution in [0.3, 0.4) is 0 Å². The van der Waals surface area contributed by atoms with Crippen LogP contribution < -0.4 is 10.2 Å². The lowest BCUT2D eigenvalue weighted by Gasteiger charge is -2.41. The minimum Gasteiger partial charge on any atom is -0.363 e. The minimum absolute atomic E-state index is 0.230. The van der Waals surface area contributed by atoms with Gasteiger partial charge in [0.25, 0.3) is 0 Å². The van der Waals surface area contributed by atoms with Gasteiger partial charge in [0.05, 0.1) is 10.7 Å². The number of nitrogens with one attached hydrogen (secondary N) is 1. The van der Waals surface area contributed by atoms with Gasteiger partial charge in [0, 0.05) is 18.1 Å². The Morgan fingerprint density at radius 1 is 1.30 bits per heavy atom. The first-order valence-corrected chi connectivity index (χ1v) is 8.04. The highest BCUT2D eigenvalue weighted by Gasteiger charge is 2.41. The molecular formula is C16H22ClFN2. The summed E-state index contributed by atoms with van der Waals surface area (Å²) in [5.74, 6) is -0.258. The van der Waals surface area contributed by atoms with Gasteiger partial charge in [-0.2, -0.15) is 0 Å². The topological polar surface area (TPSA) is 15.3 Å².